The average molecular weight is 840 g/mol. The molecule has 1 N–H and O–H groups in total. The van der Waals surface area contributed by atoms with Crippen LogP contribution in [-0.4, -0.2) is 78.3 Å². The standard InChI is InChI=1S/C15H28ClNO2.C13H22ClNO2.C13H23NO2.C2H.CH4.Na/c1-8-13(2,3)12(18)19-11-9-14(4,5)17(16)15(6,7)10-11;1-9(2)11(16)17-10-7-12(3,4)15(14)13(5,6)8-10;1-9(2)11(15)16-10-7-12(3,4)14-13(5,6)8-10;1-2;;/h11H,8-10H2,1-7H3;10H,1,7-8H2,2-6H3;10,14H,1,7-8H2,2-6H3;1H;1H4;/q;;;-1;;+1/i;;;1D;;. The second kappa shape index (κ2) is 22.5. The zero-order chi connectivity index (χ0) is 43.8. The number of hydrogen-bond acceptors (Lipinski definition) is 9. The van der Waals surface area contributed by atoms with E-state index in [2.05, 4.69) is 102 Å². The van der Waals surface area contributed by atoms with Crippen LogP contribution in [0.15, 0.2) is 24.3 Å². The van der Waals surface area contributed by atoms with Gasteiger partial charge in [0.2, 0.25) is 0 Å². The minimum absolute atomic E-state index is 0. The third kappa shape index (κ3) is 18.4. The summed E-state index contributed by atoms with van der Waals surface area (Å²) in [4.78, 5) is 35.2. The van der Waals surface area contributed by atoms with Crippen molar-refractivity contribution in [1.29, 1.82) is 0 Å². The summed E-state index contributed by atoms with van der Waals surface area (Å²) >= 11 is 12.8. The molecule has 9 nitrogen and oxygen atoms in total. The van der Waals surface area contributed by atoms with Crippen LogP contribution < -0.4 is 34.9 Å². The number of piperidine rings is 3. The van der Waals surface area contributed by atoms with Gasteiger partial charge in [0.15, 0.2) is 0 Å². The molecule has 3 saturated heterocycles. The van der Waals surface area contributed by atoms with Gasteiger partial charge in [0, 0.05) is 82.9 Å². The quantitative estimate of drug-likeness (QED) is 0.0527. The number of carbonyl (C=O) groups is 3. The molecule has 3 fully saturated rings. The van der Waals surface area contributed by atoms with Crippen molar-refractivity contribution in [2.45, 2.75) is 222 Å². The van der Waals surface area contributed by atoms with Crippen molar-refractivity contribution in [1.82, 2.24) is 14.2 Å². The maximum absolute atomic E-state index is 12.2. The van der Waals surface area contributed by atoms with Gasteiger partial charge in [0.1, 0.15) is 18.3 Å². The first-order valence-electron chi connectivity index (χ1n) is 19.5. The molecular formula is C44H78Cl2N3NaO6. The summed E-state index contributed by atoms with van der Waals surface area (Å²) in [6.45, 7) is 41.5. The summed E-state index contributed by atoms with van der Waals surface area (Å²) in [7, 11) is 0. The molecule has 3 aliphatic heterocycles. The maximum Gasteiger partial charge on any atom is 1.00 e. The molecule has 0 aliphatic carbocycles. The molecular weight excluding hydrogens is 760 g/mol. The molecule has 0 spiro atoms. The van der Waals surface area contributed by atoms with E-state index in [1.165, 1.54) is 6.40 Å². The zero-order valence-corrected chi connectivity index (χ0v) is 41.2. The molecule has 0 aromatic rings. The fourth-order valence-corrected chi connectivity index (χ4v) is 8.05. The van der Waals surface area contributed by atoms with Gasteiger partial charge >= 0.3 is 47.5 Å². The molecule has 0 amide bonds. The largest absolute Gasteiger partial charge is 1.00 e. The number of hydrogen-bond donors (Lipinski definition) is 1. The molecule has 12 heteroatoms. The average Bonchev–Trinajstić information content (AvgIpc) is 2.97. The van der Waals surface area contributed by atoms with Gasteiger partial charge in [-0.05, 0) is 141 Å². The van der Waals surface area contributed by atoms with E-state index in [-0.39, 0.29) is 106 Å². The first kappa shape index (κ1) is 57.0. The number of halogens is 2. The fraction of sp³-hybridized carbons (Fsp3) is 0.795. The van der Waals surface area contributed by atoms with E-state index in [0.717, 1.165) is 44.9 Å². The Morgan fingerprint density at radius 2 is 0.964 bits per heavy atom. The Morgan fingerprint density at radius 3 is 1.21 bits per heavy atom. The van der Waals surface area contributed by atoms with E-state index in [1.54, 1.807) is 13.8 Å². The van der Waals surface area contributed by atoms with Crippen molar-refractivity contribution in [2.75, 3.05) is 0 Å². The van der Waals surface area contributed by atoms with Crippen LogP contribution >= 0.6 is 23.6 Å². The van der Waals surface area contributed by atoms with Gasteiger partial charge < -0.3 is 32.4 Å². The normalized spacial score (nSPS) is 22.6. The predicted molar refractivity (Wildman–Crippen MR) is 229 cm³/mol. The summed E-state index contributed by atoms with van der Waals surface area (Å²) in [5.41, 5.74) is -0.235. The Labute approximate surface area is 377 Å². The van der Waals surface area contributed by atoms with Crippen LogP contribution in [0.4, 0.5) is 0 Å². The van der Waals surface area contributed by atoms with Gasteiger partial charge in [-0.2, -0.15) is 0 Å². The summed E-state index contributed by atoms with van der Waals surface area (Å²) in [5.74, 6) is -0.697. The predicted octanol–water partition coefficient (Wildman–Crippen LogP) is 7.68. The fourth-order valence-electron chi connectivity index (χ4n) is 7.77. The van der Waals surface area contributed by atoms with Crippen LogP contribution in [0, 0.1) is 18.2 Å². The van der Waals surface area contributed by atoms with Gasteiger partial charge in [-0.3, -0.25) is 4.79 Å². The van der Waals surface area contributed by atoms with Crippen molar-refractivity contribution in [3.63, 3.8) is 0 Å². The maximum atomic E-state index is 12.2. The monoisotopic (exact) mass is 839 g/mol. The number of terminal acetylenes is 1. The Bertz CT molecular complexity index is 1350. The number of nitrogens with one attached hydrogen (secondary N) is 1. The molecule has 0 unspecified atom stereocenters. The number of nitrogens with zero attached hydrogens (tertiary/aromatic N) is 2. The number of carbonyl (C=O) groups excluding carboxylic acids is 3. The molecule has 56 heavy (non-hydrogen) atoms. The molecule has 0 aromatic heterocycles. The molecule has 0 atom stereocenters. The van der Waals surface area contributed by atoms with Crippen LogP contribution in [0.5, 0.6) is 0 Å². The van der Waals surface area contributed by atoms with Crippen LogP contribution in [-0.2, 0) is 28.6 Å². The summed E-state index contributed by atoms with van der Waals surface area (Å²) in [6.07, 6.45) is 12.2. The van der Waals surface area contributed by atoms with E-state index >= 15 is 0 Å². The summed E-state index contributed by atoms with van der Waals surface area (Å²) in [6, 6.07) is 0. The van der Waals surface area contributed by atoms with Gasteiger partial charge in [0.05, 0.1) is 6.79 Å². The topological polar surface area (TPSA) is 97.4 Å². The second-order valence-electron chi connectivity index (χ2n) is 19.8. The van der Waals surface area contributed by atoms with Crippen molar-refractivity contribution in [3.8, 4) is 6.40 Å². The smallest absolute Gasteiger partial charge is 0.697 e. The first-order valence-corrected chi connectivity index (χ1v) is 19.7. The van der Waals surface area contributed by atoms with Gasteiger partial charge in [-0.25, -0.2) is 18.4 Å². The third-order valence-corrected chi connectivity index (χ3v) is 12.0. The van der Waals surface area contributed by atoms with Crippen LogP contribution in [0.3, 0.4) is 0 Å². The van der Waals surface area contributed by atoms with Crippen LogP contribution in [0.2, 0.25) is 0 Å². The number of rotatable bonds is 7. The molecule has 3 rings (SSSR count). The molecule has 3 heterocycles. The molecule has 0 saturated carbocycles. The van der Waals surface area contributed by atoms with E-state index in [4.69, 9.17) is 45.6 Å². The van der Waals surface area contributed by atoms with Gasteiger partial charge in [0.25, 0.3) is 0 Å². The SMILES string of the molecule is C.C=C(C)C(=O)OC1CC(C)(C)N(Cl)C(C)(C)C1.C=C(C)C(=O)OC1CC(C)(C)NC(C)(C)C1.CCC(C)(C)C(=O)OC1CC(C)(C)N(Cl)C(C)(C)C1.[2H]C#[C-].[Na+]. The molecule has 3 aliphatic rings. The van der Waals surface area contributed by atoms with E-state index in [0.29, 0.717) is 11.1 Å². The van der Waals surface area contributed by atoms with E-state index in [9.17, 15) is 14.4 Å². The number of esters is 3. The first-order chi connectivity index (χ1) is 24.5. The van der Waals surface area contributed by atoms with Crippen molar-refractivity contribution in [3.05, 3.63) is 30.7 Å². The van der Waals surface area contributed by atoms with Crippen molar-refractivity contribution >= 4 is 41.5 Å². The zero-order valence-electron chi connectivity index (χ0n) is 38.7. The van der Waals surface area contributed by atoms with Crippen LogP contribution in [0.1, 0.15) is 171 Å². The molecule has 0 bridgehead atoms. The number of ether oxygens (including phenoxy) is 3. The minimum atomic E-state index is -0.410. The van der Waals surface area contributed by atoms with Crippen LogP contribution in [0.25, 0.3) is 0 Å². The summed E-state index contributed by atoms with van der Waals surface area (Å²) in [5, 5.41) is 3.55. The molecule has 320 valence electrons. The van der Waals surface area contributed by atoms with Crippen molar-refractivity contribution < 1.29 is 59.5 Å². The Balaban J connectivity index is -0.000000730. The molecule has 0 aromatic carbocycles. The summed E-state index contributed by atoms with van der Waals surface area (Å²) < 4.78 is 26.0. The van der Waals surface area contributed by atoms with Crippen molar-refractivity contribution in [2.24, 2.45) is 5.41 Å². The van der Waals surface area contributed by atoms with Gasteiger partial charge in [-0.15, -0.1) is 0 Å². The van der Waals surface area contributed by atoms with E-state index in [1.807, 2.05) is 29.6 Å². The Morgan fingerprint density at radius 1 is 0.714 bits per heavy atom. The second-order valence-corrected chi connectivity index (χ2v) is 20.5. The Hall–Kier alpha value is -1.09. The third-order valence-electron chi connectivity index (χ3n) is 10.1. The van der Waals surface area contributed by atoms with Gasteiger partial charge in [-0.1, -0.05) is 27.5 Å². The van der Waals surface area contributed by atoms with E-state index < -0.39 is 5.41 Å². The molecule has 0 radical (unpaired) electrons. The Kier molecular flexibility index (Phi) is 22.9. The minimum Gasteiger partial charge on any atom is -0.697 e.